The second-order valence-electron chi connectivity index (χ2n) is 12.0. The lowest BCUT2D eigenvalue weighted by Crippen LogP contribution is -2.51. The Kier molecular flexibility index (Phi) is 12.3. The monoisotopic (exact) mass is 722 g/mol. The maximum atomic E-state index is 12.9. The Morgan fingerprint density at radius 3 is 1.30 bits per heavy atom. The molecule has 0 radical (unpaired) electrons. The fourth-order valence-electron chi connectivity index (χ4n) is 5.69. The molecule has 0 saturated carbocycles. The van der Waals surface area contributed by atoms with Gasteiger partial charge in [0, 0.05) is 63.7 Å². The molecule has 0 unspecified atom stereocenters. The number of hydrogen-bond donors (Lipinski definition) is 3. The van der Waals surface area contributed by atoms with Crippen LogP contribution in [-0.4, -0.2) is 102 Å². The van der Waals surface area contributed by atoms with Gasteiger partial charge in [0.25, 0.3) is 11.8 Å². The Bertz CT molecular complexity index is 2000. The quantitative estimate of drug-likeness (QED) is 0.272. The first-order chi connectivity index (χ1) is 25.5. The average molecular weight is 723 g/mol. The number of hydrogen-bond acceptors (Lipinski definition) is 6. The van der Waals surface area contributed by atoms with E-state index in [2.05, 4.69) is 10.6 Å². The number of piperazine rings is 2. The third kappa shape index (κ3) is 9.70. The van der Waals surface area contributed by atoms with Crippen molar-refractivity contribution in [1.29, 1.82) is 5.26 Å². The lowest BCUT2D eigenvalue weighted by atomic mass is 10.1. The Hall–Kier alpha value is -6.82. The van der Waals surface area contributed by atoms with Gasteiger partial charge in [-0.25, -0.2) is 18.4 Å². The van der Waals surface area contributed by atoms with Crippen molar-refractivity contribution in [2.24, 2.45) is 5.73 Å². The van der Waals surface area contributed by atoms with Gasteiger partial charge in [-0.05, 0) is 72.8 Å². The Balaban J connectivity index is 0.000000204. The minimum absolute atomic E-state index is 0.180. The molecule has 15 heteroatoms. The molecule has 2 aliphatic heterocycles. The summed E-state index contributed by atoms with van der Waals surface area (Å²) in [5.74, 6) is -1.90. The van der Waals surface area contributed by atoms with Crippen LogP contribution in [0.3, 0.4) is 0 Å². The number of halogens is 2. The molecule has 2 heterocycles. The smallest absolute Gasteiger partial charge is 0.321 e. The highest BCUT2D eigenvalue weighted by molar-refractivity contribution is 6.06. The van der Waals surface area contributed by atoms with E-state index in [1.807, 2.05) is 6.07 Å². The van der Waals surface area contributed by atoms with Gasteiger partial charge in [-0.1, -0.05) is 24.3 Å². The van der Waals surface area contributed by atoms with E-state index in [1.54, 1.807) is 62.1 Å². The molecule has 272 valence electrons. The number of amides is 7. The summed E-state index contributed by atoms with van der Waals surface area (Å²) in [7, 11) is 0. The normalized spacial score (nSPS) is 13.9. The summed E-state index contributed by atoms with van der Waals surface area (Å²) in [6.07, 6.45) is 0. The van der Waals surface area contributed by atoms with E-state index in [0.717, 1.165) is 0 Å². The van der Waals surface area contributed by atoms with Crippen LogP contribution < -0.4 is 16.4 Å². The lowest BCUT2D eigenvalue weighted by molar-refractivity contribution is 0.0665. The molecular weight excluding hydrogens is 686 g/mol. The first kappa shape index (κ1) is 37.4. The molecule has 0 aliphatic carbocycles. The third-order valence-electron chi connectivity index (χ3n) is 8.60. The lowest BCUT2D eigenvalue weighted by Gasteiger charge is -2.35. The zero-order chi connectivity index (χ0) is 37.9. The first-order valence-electron chi connectivity index (χ1n) is 16.6. The van der Waals surface area contributed by atoms with Crippen LogP contribution in [0.5, 0.6) is 0 Å². The van der Waals surface area contributed by atoms with Crippen molar-refractivity contribution in [1.82, 2.24) is 19.6 Å². The summed E-state index contributed by atoms with van der Waals surface area (Å²) in [4.78, 5) is 67.8. The number of urea groups is 2. The van der Waals surface area contributed by atoms with Crippen LogP contribution in [0.15, 0.2) is 97.1 Å². The number of carbonyl (C=O) groups is 5. The topological polar surface area (TPSA) is 172 Å². The van der Waals surface area contributed by atoms with E-state index in [-0.39, 0.29) is 46.6 Å². The highest BCUT2D eigenvalue weighted by Gasteiger charge is 2.28. The van der Waals surface area contributed by atoms with E-state index in [9.17, 15) is 32.8 Å². The van der Waals surface area contributed by atoms with Crippen molar-refractivity contribution < 1.29 is 32.8 Å². The minimum Gasteiger partial charge on any atom is -0.366 e. The van der Waals surface area contributed by atoms with E-state index < -0.39 is 5.91 Å². The standard InChI is InChI=1S/C19H19FN4O3.C19H17FN4O2/c20-13-5-7-14(8-6-13)22-19(27)24-11-9-23(10-12-24)18(26)16-4-2-1-3-15(16)17(21)25;20-15-5-7-16(8-6-15)22-19(26)24-11-9-23(10-12-24)18(25)17-4-2-1-3-14(17)13-21/h1-8H,9-12H2,(H2,21,25)(H,22,27);1-8H,9-12H2,(H,22,26). The SMILES string of the molecule is N#Cc1ccccc1C(=O)N1CCN(C(=O)Nc2ccc(F)cc2)CC1.NC(=O)c1ccccc1C(=O)N1CCN(C(=O)Nc2ccc(F)cc2)CC1. The van der Waals surface area contributed by atoms with Crippen LogP contribution >= 0.6 is 0 Å². The van der Waals surface area contributed by atoms with Gasteiger partial charge in [-0.2, -0.15) is 5.26 Å². The number of benzene rings is 4. The minimum atomic E-state index is -0.656. The first-order valence-corrected chi connectivity index (χ1v) is 16.6. The molecule has 4 aromatic carbocycles. The molecule has 2 aliphatic rings. The van der Waals surface area contributed by atoms with Crippen molar-refractivity contribution in [2.75, 3.05) is 63.0 Å². The summed E-state index contributed by atoms with van der Waals surface area (Å²) in [5.41, 5.74) is 7.49. The van der Waals surface area contributed by atoms with Gasteiger partial charge in [0.05, 0.1) is 28.3 Å². The van der Waals surface area contributed by atoms with E-state index >= 15 is 0 Å². The predicted octanol–water partition coefficient (Wildman–Crippen LogP) is 4.60. The average Bonchev–Trinajstić information content (AvgIpc) is 3.19. The van der Waals surface area contributed by atoms with Gasteiger partial charge in [0.1, 0.15) is 11.6 Å². The molecule has 0 aromatic heterocycles. The molecule has 6 rings (SSSR count). The second-order valence-corrected chi connectivity index (χ2v) is 12.0. The Morgan fingerprint density at radius 2 is 0.887 bits per heavy atom. The van der Waals surface area contributed by atoms with Gasteiger partial charge >= 0.3 is 12.1 Å². The molecule has 53 heavy (non-hydrogen) atoms. The van der Waals surface area contributed by atoms with Gasteiger partial charge < -0.3 is 36.0 Å². The van der Waals surface area contributed by atoms with Crippen molar-refractivity contribution in [3.63, 3.8) is 0 Å². The van der Waals surface area contributed by atoms with Crippen LogP contribution in [0, 0.1) is 23.0 Å². The summed E-state index contributed by atoms with van der Waals surface area (Å²) < 4.78 is 25.8. The summed E-state index contributed by atoms with van der Waals surface area (Å²) in [6, 6.07) is 25.5. The number of nitriles is 1. The van der Waals surface area contributed by atoms with Crippen molar-refractivity contribution >= 4 is 41.2 Å². The van der Waals surface area contributed by atoms with Crippen LogP contribution in [0.1, 0.15) is 36.6 Å². The highest BCUT2D eigenvalue weighted by atomic mass is 19.1. The van der Waals surface area contributed by atoms with Crippen molar-refractivity contribution in [3.05, 3.63) is 131 Å². The molecular formula is C38H36F2N8O5. The molecule has 2 saturated heterocycles. The van der Waals surface area contributed by atoms with Gasteiger partial charge in [-0.15, -0.1) is 0 Å². The van der Waals surface area contributed by atoms with Crippen molar-refractivity contribution in [3.8, 4) is 6.07 Å². The third-order valence-corrected chi connectivity index (χ3v) is 8.60. The molecule has 7 amide bonds. The Morgan fingerprint density at radius 1 is 0.528 bits per heavy atom. The van der Waals surface area contributed by atoms with Gasteiger partial charge in [-0.3, -0.25) is 14.4 Å². The number of anilines is 2. The number of nitrogens with two attached hydrogens (primary N) is 1. The molecule has 0 spiro atoms. The highest BCUT2D eigenvalue weighted by Crippen LogP contribution is 2.17. The summed E-state index contributed by atoms with van der Waals surface area (Å²) in [6.45, 7) is 2.90. The number of nitrogens with one attached hydrogen (secondary N) is 2. The summed E-state index contributed by atoms with van der Waals surface area (Å²) in [5, 5.41) is 14.5. The Labute approximate surface area is 304 Å². The van der Waals surface area contributed by atoms with Gasteiger partial charge in [0.15, 0.2) is 0 Å². The van der Waals surface area contributed by atoms with Crippen LogP contribution in [0.4, 0.5) is 29.7 Å². The molecule has 4 N–H and O–H groups in total. The number of primary amides is 1. The zero-order valence-corrected chi connectivity index (χ0v) is 28.5. The zero-order valence-electron chi connectivity index (χ0n) is 28.5. The van der Waals surface area contributed by atoms with E-state index in [0.29, 0.717) is 74.9 Å². The van der Waals surface area contributed by atoms with E-state index in [1.165, 1.54) is 54.6 Å². The summed E-state index contributed by atoms with van der Waals surface area (Å²) >= 11 is 0. The second kappa shape index (κ2) is 17.4. The largest absolute Gasteiger partial charge is 0.366 e. The maximum Gasteiger partial charge on any atom is 0.321 e. The van der Waals surface area contributed by atoms with Crippen LogP contribution in [0.25, 0.3) is 0 Å². The molecule has 4 aromatic rings. The predicted molar refractivity (Wildman–Crippen MR) is 192 cm³/mol. The number of rotatable bonds is 5. The van der Waals surface area contributed by atoms with Crippen LogP contribution in [0.2, 0.25) is 0 Å². The number of nitrogens with zero attached hydrogens (tertiary/aromatic N) is 5. The molecule has 2 fully saturated rings. The molecule has 0 bridgehead atoms. The van der Waals surface area contributed by atoms with Gasteiger partial charge in [0.2, 0.25) is 5.91 Å². The van der Waals surface area contributed by atoms with Crippen molar-refractivity contribution in [2.45, 2.75) is 0 Å². The maximum absolute atomic E-state index is 12.9. The van der Waals surface area contributed by atoms with Crippen LogP contribution in [-0.2, 0) is 0 Å². The molecule has 0 atom stereocenters. The van der Waals surface area contributed by atoms with E-state index in [4.69, 9.17) is 11.0 Å². The fourth-order valence-corrected chi connectivity index (χ4v) is 5.69. The molecule has 13 nitrogen and oxygen atoms in total. The number of carbonyl (C=O) groups excluding carboxylic acids is 5. The fraction of sp³-hybridized carbons (Fsp3) is 0.211.